The second-order valence-corrected chi connectivity index (χ2v) is 4.06. The van der Waals surface area contributed by atoms with Crippen LogP contribution in [0.15, 0.2) is 0 Å². The zero-order chi connectivity index (χ0) is 10.7. The van der Waals surface area contributed by atoms with Gasteiger partial charge in [0.25, 0.3) is 0 Å². The third-order valence-corrected chi connectivity index (χ3v) is 2.95. The van der Waals surface area contributed by atoms with Crippen LogP contribution in [0.25, 0.3) is 0 Å². The van der Waals surface area contributed by atoms with E-state index in [-0.39, 0.29) is 22.9 Å². The lowest BCUT2D eigenvalue weighted by molar-refractivity contribution is -0.133. The number of amides is 1. The quantitative estimate of drug-likeness (QED) is 0.683. The molecule has 0 aromatic rings. The Balaban J connectivity index is 2.54. The van der Waals surface area contributed by atoms with Crippen LogP contribution in [0.5, 0.6) is 0 Å². The molecule has 1 fully saturated rings. The Morgan fingerprint density at radius 2 is 2.36 bits per heavy atom. The van der Waals surface area contributed by atoms with Crippen LogP contribution in [0.3, 0.4) is 0 Å². The molecule has 0 aromatic heterocycles. The Bertz CT molecular complexity index is 239. The largest absolute Gasteiger partial charge is 0.393 e. The molecule has 80 valence electrons. The van der Waals surface area contributed by atoms with Gasteiger partial charge in [-0.2, -0.15) is 0 Å². The van der Waals surface area contributed by atoms with Crippen molar-refractivity contribution in [3.05, 3.63) is 0 Å². The molecular formula is C9H16N2O2S. The van der Waals surface area contributed by atoms with Gasteiger partial charge in [0, 0.05) is 13.7 Å². The number of likely N-dealkylation sites (N-methyl/N-ethyl adjacent to an activating group) is 1. The van der Waals surface area contributed by atoms with Crippen molar-refractivity contribution in [2.45, 2.75) is 19.4 Å². The molecule has 0 aliphatic carbocycles. The van der Waals surface area contributed by atoms with Gasteiger partial charge >= 0.3 is 0 Å². The molecule has 1 rings (SSSR count). The summed E-state index contributed by atoms with van der Waals surface area (Å²) in [6.45, 7) is 3.08. The number of nitrogens with zero attached hydrogens (tertiary/aromatic N) is 1. The molecule has 1 saturated heterocycles. The maximum atomic E-state index is 11.8. The highest BCUT2D eigenvalue weighted by Gasteiger charge is 2.27. The maximum absolute atomic E-state index is 11.8. The Labute approximate surface area is 89.4 Å². The fraction of sp³-hybridized carbons (Fsp3) is 0.778. The molecule has 1 aliphatic rings. The van der Waals surface area contributed by atoms with Gasteiger partial charge in [-0.15, -0.1) is 0 Å². The average molecular weight is 216 g/mol. The molecule has 2 N–H and O–H groups in total. The molecule has 0 bridgehead atoms. The number of nitrogens with two attached hydrogens (primary N) is 1. The number of carbonyl (C=O) groups excluding carboxylic acids is 1. The first kappa shape index (κ1) is 11.4. The van der Waals surface area contributed by atoms with Crippen LogP contribution in [0, 0.1) is 5.92 Å². The lowest BCUT2D eigenvalue weighted by Crippen LogP contribution is -2.43. The van der Waals surface area contributed by atoms with Gasteiger partial charge in [-0.1, -0.05) is 12.2 Å². The van der Waals surface area contributed by atoms with Crippen molar-refractivity contribution in [3.8, 4) is 0 Å². The van der Waals surface area contributed by atoms with Crippen molar-refractivity contribution in [2.24, 2.45) is 11.7 Å². The summed E-state index contributed by atoms with van der Waals surface area (Å²) in [5.74, 6) is -0.399. The van der Waals surface area contributed by atoms with E-state index in [0.717, 1.165) is 13.0 Å². The molecular weight excluding hydrogens is 200 g/mol. The molecule has 0 saturated carbocycles. The first-order valence-electron chi connectivity index (χ1n) is 4.67. The maximum Gasteiger partial charge on any atom is 0.232 e. The second kappa shape index (κ2) is 4.70. The highest BCUT2D eigenvalue weighted by Crippen LogP contribution is 2.13. The summed E-state index contributed by atoms with van der Waals surface area (Å²) in [6.07, 6.45) is 0.895. The first-order valence-corrected chi connectivity index (χ1v) is 5.08. The van der Waals surface area contributed by atoms with Gasteiger partial charge in [0.05, 0.1) is 23.6 Å². The van der Waals surface area contributed by atoms with E-state index in [4.69, 9.17) is 22.7 Å². The molecule has 1 heterocycles. The molecule has 14 heavy (non-hydrogen) atoms. The standard InChI is InChI=1S/C9H16N2O2S/c1-6(8(10)14)9(12)11(2)7-3-4-13-5-7/h6-7H,3-5H2,1-2H3,(H2,10,14). The van der Waals surface area contributed by atoms with Crippen LogP contribution in [0.4, 0.5) is 0 Å². The number of hydrogen-bond acceptors (Lipinski definition) is 3. The summed E-state index contributed by atoms with van der Waals surface area (Å²) in [7, 11) is 1.77. The molecule has 4 nitrogen and oxygen atoms in total. The van der Waals surface area contributed by atoms with Crippen molar-refractivity contribution >= 4 is 23.1 Å². The SMILES string of the molecule is CC(C(=O)N(C)C1CCOC1)C(N)=S. The smallest absolute Gasteiger partial charge is 0.232 e. The molecule has 0 aromatic carbocycles. The molecule has 1 amide bonds. The summed E-state index contributed by atoms with van der Waals surface area (Å²) >= 11 is 4.79. The average Bonchev–Trinajstić information content (AvgIpc) is 2.67. The molecule has 0 radical (unpaired) electrons. The normalized spacial score (nSPS) is 23.1. The van der Waals surface area contributed by atoms with E-state index < -0.39 is 0 Å². The number of rotatable bonds is 3. The zero-order valence-electron chi connectivity index (χ0n) is 8.53. The zero-order valence-corrected chi connectivity index (χ0v) is 9.34. The van der Waals surface area contributed by atoms with Gasteiger partial charge in [0.15, 0.2) is 0 Å². The van der Waals surface area contributed by atoms with Crippen LogP contribution in [0.2, 0.25) is 0 Å². The van der Waals surface area contributed by atoms with E-state index in [1.807, 2.05) is 0 Å². The monoisotopic (exact) mass is 216 g/mol. The van der Waals surface area contributed by atoms with Crippen molar-refractivity contribution in [2.75, 3.05) is 20.3 Å². The van der Waals surface area contributed by atoms with E-state index in [2.05, 4.69) is 0 Å². The van der Waals surface area contributed by atoms with Gasteiger partial charge in [0.2, 0.25) is 5.91 Å². The van der Waals surface area contributed by atoms with Crippen LogP contribution in [0.1, 0.15) is 13.3 Å². The van der Waals surface area contributed by atoms with Crippen molar-refractivity contribution in [1.29, 1.82) is 0 Å². The van der Waals surface area contributed by atoms with Crippen LogP contribution in [-0.4, -0.2) is 42.1 Å². The van der Waals surface area contributed by atoms with Gasteiger partial charge in [-0.3, -0.25) is 4.79 Å². The van der Waals surface area contributed by atoms with Crippen molar-refractivity contribution < 1.29 is 9.53 Å². The third-order valence-electron chi connectivity index (χ3n) is 2.60. The number of hydrogen-bond donors (Lipinski definition) is 1. The fourth-order valence-electron chi connectivity index (χ4n) is 1.43. The van der Waals surface area contributed by atoms with Gasteiger partial charge in [0.1, 0.15) is 0 Å². The van der Waals surface area contributed by atoms with Gasteiger partial charge in [-0.05, 0) is 13.3 Å². The Morgan fingerprint density at radius 3 is 2.79 bits per heavy atom. The summed E-state index contributed by atoms with van der Waals surface area (Å²) in [5.41, 5.74) is 5.43. The van der Waals surface area contributed by atoms with Crippen LogP contribution < -0.4 is 5.73 Å². The Morgan fingerprint density at radius 1 is 1.71 bits per heavy atom. The Hall–Kier alpha value is -0.680. The Kier molecular flexibility index (Phi) is 3.83. The summed E-state index contributed by atoms with van der Waals surface area (Å²) in [6, 6.07) is 0.180. The molecule has 2 atom stereocenters. The number of carbonyl (C=O) groups is 1. The van der Waals surface area contributed by atoms with E-state index >= 15 is 0 Å². The summed E-state index contributed by atoms with van der Waals surface area (Å²) < 4.78 is 5.21. The highest BCUT2D eigenvalue weighted by molar-refractivity contribution is 7.80. The first-order chi connectivity index (χ1) is 6.54. The van der Waals surface area contributed by atoms with Gasteiger partial charge < -0.3 is 15.4 Å². The minimum absolute atomic E-state index is 0.0204. The predicted molar refractivity (Wildman–Crippen MR) is 57.9 cm³/mol. The molecule has 0 spiro atoms. The number of thiocarbonyl (C=S) groups is 1. The fourth-order valence-corrected chi connectivity index (χ4v) is 1.54. The highest BCUT2D eigenvalue weighted by atomic mass is 32.1. The van der Waals surface area contributed by atoms with Crippen molar-refractivity contribution in [3.63, 3.8) is 0 Å². The van der Waals surface area contributed by atoms with E-state index in [1.165, 1.54) is 0 Å². The van der Waals surface area contributed by atoms with Gasteiger partial charge in [-0.25, -0.2) is 0 Å². The van der Waals surface area contributed by atoms with Crippen LogP contribution >= 0.6 is 12.2 Å². The lowest BCUT2D eigenvalue weighted by atomic mass is 10.1. The van der Waals surface area contributed by atoms with E-state index in [0.29, 0.717) is 6.61 Å². The minimum Gasteiger partial charge on any atom is -0.393 e. The summed E-state index contributed by atoms with van der Waals surface area (Å²) in [5, 5.41) is 0. The summed E-state index contributed by atoms with van der Waals surface area (Å²) in [4.78, 5) is 13.7. The lowest BCUT2D eigenvalue weighted by Gasteiger charge is -2.25. The van der Waals surface area contributed by atoms with E-state index in [1.54, 1.807) is 18.9 Å². The third kappa shape index (κ3) is 2.42. The predicted octanol–water partition coefficient (Wildman–Crippen LogP) is 0.156. The second-order valence-electron chi connectivity index (χ2n) is 3.59. The van der Waals surface area contributed by atoms with E-state index in [9.17, 15) is 4.79 Å². The van der Waals surface area contributed by atoms with Crippen LogP contribution in [-0.2, 0) is 9.53 Å². The van der Waals surface area contributed by atoms with Crippen molar-refractivity contribution in [1.82, 2.24) is 4.90 Å². The molecule has 5 heteroatoms. The topological polar surface area (TPSA) is 55.6 Å². The molecule has 1 aliphatic heterocycles. The number of ether oxygens (including phenoxy) is 1. The minimum atomic E-state index is -0.379. The molecule has 2 unspecified atom stereocenters.